The third kappa shape index (κ3) is 4.25. The number of fused-ring (bicyclic) bond motifs is 2. The summed E-state index contributed by atoms with van der Waals surface area (Å²) in [5.74, 6) is -0.849. The molecule has 0 saturated carbocycles. The zero-order valence-electron chi connectivity index (χ0n) is 21.2. The predicted octanol–water partition coefficient (Wildman–Crippen LogP) is 6.14. The molecule has 192 valence electrons. The van der Waals surface area contributed by atoms with Crippen LogP contribution < -0.4 is 10.2 Å². The van der Waals surface area contributed by atoms with E-state index in [2.05, 4.69) is 15.0 Å². The van der Waals surface area contributed by atoms with Gasteiger partial charge in [-0.25, -0.2) is 14.4 Å². The second kappa shape index (κ2) is 9.64. The summed E-state index contributed by atoms with van der Waals surface area (Å²) in [5.41, 5.74) is 3.87. The Balaban J connectivity index is 1.30. The lowest BCUT2D eigenvalue weighted by molar-refractivity contribution is 0.0990. The van der Waals surface area contributed by atoms with E-state index >= 15 is 4.39 Å². The fraction of sp³-hybridized carbons (Fsp3) is 0.0968. The van der Waals surface area contributed by atoms with Gasteiger partial charge in [0.15, 0.2) is 22.8 Å². The SMILES string of the molecule is Cc1c(C(=O)Cc2ccc(Oc3ncnc4[nH]cc(-c5ccccc5)c34)c(F)c2)c(=O)c2ccccc2n1C. The van der Waals surface area contributed by atoms with Crippen LogP contribution in [0.2, 0.25) is 0 Å². The lowest BCUT2D eigenvalue weighted by atomic mass is 9.99. The first kappa shape index (κ1) is 24.2. The van der Waals surface area contributed by atoms with Crippen molar-refractivity contribution in [3.63, 3.8) is 0 Å². The molecule has 6 aromatic rings. The second-order valence-electron chi connectivity index (χ2n) is 9.30. The van der Waals surface area contributed by atoms with Crippen LogP contribution >= 0.6 is 0 Å². The van der Waals surface area contributed by atoms with E-state index in [-0.39, 0.29) is 34.8 Å². The summed E-state index contributed by atoms with van der Waals surface area (Å²) in [4.78, 5) is 38.0. The average Bonchev–Trinajstić information content (AvgIpc) is 3.39. The molecular weight excluding hydrogens is 495 g/mol. The molecular formula is C31H23FN4O3. The first-order valence-electron chi connectivity index (χ1n) is 12.4. The topological polar surface area (TPSA) is 89.9 Å². The molecule has 3 aromatic heterocycles. The molecule has 0 atom stereocenters. The zero-order chi connectivity index (χ0) is 27.1. The standard InChI is InChI=1S/C31H23FN4O3/c1-18-27(29(38)21-10-6-7-11-24(21)36(18)2)25(37)15-19-12-13-26(23(32)14-19)39-31-28-22(20-8-4-3-5-9-20)16-33-30(28)34-17-35-31/h3-14,16-17H,15H2,1-2H3,(H,33,34,35). The van der Waals surface area contributed by atoms with E-state index in [0.717, 1.165) is 16.6 Å². The fourth-order valence-corrected chi connectivity index (χ4v) is 4.91. The number of hydrogen-bond acceptors (Lipinski definition) is 5. The Morgan fingerprint density at radius 1 is 1.03 bits per heavy atom. The number of hydrogen-bond donors (Lipinski definition) is 1. The van der Waals surface area contributed by atoms with Crippen LogP contribution in [0.15, 0.2) is 90.1 Å². The van der Waals surface area contributed by atoms with Crippen LogP contribution in [-0.4, -0.2) is 25.3 Å². The number of pyridine rings is 1. The van der Waals surface area contributed by atoms with Gasteiger partial charge in [-0.15, -0.1) is 0 Å². The van der Waals surface area contributed by atoms with Gasteiger partial charge in [0, 0.05) is 36.3 Å². The number of para-hydroxylation sites is 1. The van der Waals surface area contributed by atoms with Gasteiger partial charge in [-0.05, 0) is 42.3 Å². The van der Waals surface area contributed by atoms with E-state index < -0.39 is 5.82 Å². The molecule has 1 N–H and O–H groups in total. The Labute approximate surface area is 222 Å². The molecule has 0 amide bonds. The molecule has 3 heterocycles. The second-order valence-corrected chi connectivity index (χ2v) is 9.30. The molecule has 0 aliphatic carbocycles. The number of rotatable bonds is 6. The number of aromatic amines is 1. The maximum atomic E-state index is 15.2. The molecule has 0 fully saturated rings. The van der Waals surface area contributed by atoms with E-state index in [1.165, 1.54) is 18.5 Å². The van der Waals surface area contributed by atoms with Gasteiger partial charge in [0.2, 0.25) is 5.88 Å². The molecule has 0 aliphatic rings. The predicted molar refractivity (Wildman–Crippen MR) is 148 cm³/mol. The number of nitrogens with one attached hydrogen (secondary N) is 1. The molecule has 7 nitrogen and oxygen atoms in total. The van der Waals surface area contributed by atoms with Crippen LogP contribution in [0.1, 0.15) is 21.6 Å². The quantitative estimate of drug-likeness (QED) is 0.268. The number of aryl methyl sites for hydroxylation is 1. The normalized spacial score (nSPS) is 11.3. The number of nitrogens with zero attached hydrogens (tertiary/aromatic N) is 3. The fourth-order valence-electron chi connectivity index (χ4n) is 4.91. The van der Waals surface area contributed by atoms with Crippen molar-refractivity contribution in [3.8, 4) is 22.8 Å². The van der Waals surface area contributed by atoms with Gasteiger partial charge in [-0.2, -0.15) is 0 Å². The van der Waals surface area contributed by atoms with E-state index in [1.54, 1.807) is 25.1 Å². The van der Waals surface area contributed by atoms with Crippen LogP contribution in [0.3, 0.4) is 0 Å². The van der Waals surface area contributed by atoms with Crippen LogP contribution in [0.4, 0.5) is 4.39 Å². The summed E-state index contributed by atoms with van der Waals surface area (Å²) < 4.78 is 22.9. The number of aromatic nitrogens is 4. The van der Waals surface area contributed by atoms with Crippen molar-refractivity contribution in [1.82, 2.24) is 19.5 Å². The number of Topliss-reactive ketones (excluding diaryl/α,β-unsaturated/α-hetero) is 1. The average molecular weight is 519 g/mol. The van der Waals surface area contributed by atoms with Crippen LogP contribution in [0.25, 0.3) is 33.1 Å². The van der Waals surface area contributed by atoms with Crippen molar-refractivity contribution in [3.05, 3.63) is 118 Å². The highest BCUT2D eigenvalue weighted by Gasteiger charge is 2.20. The van der Waals surface area contributed by atoms with Gasteiger partial charge in [0.1, 0.15) is 12.0 Å². The molecule has 0 radical (unpaired) electrons. The Kier molecular flexibility index (Phi) is 5.99. The monoisotopic (exact) mass is 518 g/mol. The summed E-state index contributed by atoms with van der Waals surface area (Å²) in [6, 6.07) is 21.2. The van der Waals surface area contributed by atoms with Crippen molar-refractivity contribution in [1.29, 1.82) is 0 Å². The highest BCUT2D eigenvalue weighted by atomic mass is 19.1. The maximum Gasteiger partial charge on any atom is 0.232 e. The summed E-state index contributed by atoms with van der Waals surface area (Å²) >= 11 is 0. The first-order valence-corrected chi connectivity index (χ1v) is 12.4. The molecule has 8 heteroatoms. The molecule has 0 unspecified atom stereocenters. The lowest BCUT2D eigenvalue weighted by Gasteiger charge is -2.14. The smallest absolute Gasteiger partial charge is 0.232 e. The Morgan fingerprint density at radius 2 is 1.79 bits per heavy atom. The van der Waals surface area contributed by atoms with Gasteiger partial charge < -0.3 is 14.3 Å². The number of halogens is 1. The van der Waals surface area contributed by atoms with Crippen LogP contribution in [0.5, 0.6) is 11.6 Å². The van der Waals surface area contributed by atoms with E-state index in [4.69, 9.17) is 4.74 Å². The third-order valence-electron chi connectivity index (χ3n) is 6.97. The van der Waals surface area contributed by atoms with Crippen molar-refractivity contribution in [2.75, 3.05) is 0 Å². The van der Waals surface area contributed by atoms with Crippen molar-refractivity contribution in [2.24, 2.45) is 7.05 Å². The molecule has 6 rings (SSSR count). The van der Waals surface area contributed by atoms with E-state index in [0.29, 0.717) is 27.7 Å². The summed E-state index contributed by atoms with van der Waals surface area (Å²) in [7, 11) is 1.82. The molecule has 3 aromatic carbocycles. The molecule has 0 aliphatic heterocycles. The lowest BCUT2D eigenvalue weighted by Crippen LogP contribution is -2.23. The molecule has 0 spiro atoms. The van der Waals surface area contributed by atoms with E-state index in [9.17, 15) is 9.59 Å². The van der Waals surface area contributed by atoms with Crippen molar-refractivity contribution < 1.29 is 13.9 Å². The zero-order valence-corrected chi connectivity index (χ0v) is 21.2. The maximum absolute atomic E-state index is 15.2. The number of carbonyl (C=O) groups excluding carboxylic acids is 1. The largest absolute Gasteiger partial charge is 0.435 e. The van der Waals surface area contributed by atoms with Gasteiger partial charge in [-0.1, -0.05) is 48.5 Å². The highest BCUT2D eigenvalue weighted by Crippen LogP contribution is 2.35. The minimum atomic E-state index is -0.646. The summed E-state index contributed by atoms with van der Waals surface area (Å²) in [6.45, 7) is 1.74. The summed E-state index contributed by atoms with van der Waals surface area (Å²) in [5, 5.41) is 1.10. The minimum absolute atomic E-state index is 0.0378. The number of ketones is 1. The number of benzene rings is 3. The van der Waals surface area contributed by atoms with Crippen LogP contribution in [0, 0.1) is 12.7 Å². The molecule has 0 bridgehead atoms. The van der Waals surface area contributed by atoms with Gasteiger partial charge >= 0.3 is 0 Å². The molecule has 0 saturated heterocycles. The number of carbonyl (C=O) groups is 1. The first-order chi connectivity index (χ1) is 18.9. The Hall–Kier alpha value is -5.11. The van der Waals surface area contributed by atoms with Gasteiger partial charge in [0.25, 0.3) is 0 Å². The van der Waals surface area contributed by atoms with Gasteiger partial charge in [0.05, 0.1) is 16.5 Å². The van der Waals surface area contributed by atoms with Crippen LogP contribution in [-0.2, 0) is 13.5 Å². The van der Waals surface area contributed by atoms with Gasteiger partial charge in [-0.3, -0.25) is 9.59 Å². The Bertz CT molecular complexity index is 1940. The van der Waals surface area contributed by atoms with Crippen molar-refractivity contribution >= 4 is 27.7 Å². The minimum Gasteiger partial charge on any atom is -0.435 e. The van der Waals surface area contributed by atoms with E-state index in [1.807, 2.05) is 60.3 Å². The number of H-pyrrole nitrogens is 1. The molecule has 39 heavy (non-hydrogen) atoms. The number of ether oxygens (including phenoxy) is 1. The Morgan fingerprint density at radius 3 is 2.59 bits per heavy atom. The highest BCUT2D eigenvalue weighted by molar-refractivity contribution is 6.01. The third-order valence-corrected chi connectivity index (χ3v) is 6.97. The van der Waals surface area contributed by atoms with Crippen molar-refractivity contribution in [2.45, 2.75) is 13.3 Å². The summed E-state index contributed by atoms with van der Waals surface area (Å²) in [6.07, 6.45) is 3.03.